The van der Waals surface area contributed by atoms with Crippen LogP contribution in [0.1, 0.15) is 21.5 Å². The fourth-order valence-electron chi connectivity index (χ4n) is 1.72. The van der Waals surface area contributed by atoms with Gasteiger partial charge in [0.1, 0.15) is 5.75 Å². The largest absolute Gasteiger partial charge is 0.506 e. The minimum atomic E-state index is -0.333. The average Bonchev–Trinajstić information content (AvgIpc) is 2.46. The van der Waals surface area contributed by atoms with Gasteiger partial charge in [-0.25, -0.2) is 5.43 Å². The van der Waals surface area contributed by atoms with E-state index < -0.39 is 0 Å². The first-order chi connectivity index (χ1) is 10.4. The average molecular weight is 491 g/mol. The second-order valence-electron chi connectivity index (χ2n) is 4.51. The van der Waals surface area contributed by atoms with Crippen molar-refractivity contribution >= 4 is 59.9 Å². The molecule has 0 unspecified atom stereocenters. The van der Waals surface area contributed by atoms with Gasteiger partial charge in [-0.1, -0.05) is 27.6 Å². The number of aromatic hydroxyl groups is 1. The highest BCUT2D eigenvalue weighted by Gasteiger charge is 2.09. The Morgan fingerprint density at radius 1 is 1.18 bits per heavy atom. The number of hydrogen-bond donors (Lipinski definition) is 2. The molecule has 0 saturated heterocycles. The third-order valence-electron chi connectivity index (χ3n) is 2.79. The van der Waals surface area contributed by atoms with Crippen molar-refractivity contribution in [3.8, 4) is 5.75 Å². The van der Waals surface area contributed by atoms with Gasteiger partial charge in [-0.2, -0.15) is 5.10 Å². The minimum absolute atomic E-state index is 0.0536. The lowest BCUT2D eigenvalue weighted by Crippen LogP contribution is -2.18. The van der Waals surface area contributed by atoms with Crippen molar-refractivity contribution in [2.75, 3.05) is 0 Å². The lowest BCUT2D eigenvalue weighted by atomic mass is 10.1. The Morgan fingerprint density at radius 3 is 2.64 bits per heavy atom. The summed E-state index contributed by atoms with van der Waals surface area (Å²) in [6.45, 7) is 1.91. The number of amides is 1. The summed E-state index contributed by atoms with van der Waals surface area (Å²) in [7, 11) is 0. The van der Waals surface area contributed by atoms with Gasteiger partial charge in [0.25, 0.3) is 5.91 Å². The van der Waals surface area contributed by atoms with Gasteiger partial charge in [-0.15, -0.1) is 0 Å². The first kappa shape index (κ1) is 17.2. The summed E-state index contributed by atoms with van der Waals surface area (Å²) >= 11 is 9.90. The summed E-state index contributed by atoms with van der Waals surface area (Å²) < 4.78 is 2.02. The van der Waals surface area contributed by atoms with Crippen LogP contribution in [0.3, 0.4) is 0 Å². The number of hydrazone groups is 1. The zero-order valence-corrected chi connectivity index (χ0v) is 16.2. The summed E-state index contributed by atoms with van der Waals surface area (Å²) in [4.78, 5) is 12.1. The van der Waals surface area contributed by atoms with E-state index in [1.165, 1.54) is 6.21 Å². The van der Waals surface area contributed by atoms with E-state index in [4.69, 9.17) is 0 Å². The molecule has 0 heterocycles. The molecule has 0 radical (unpaired) electrons. The van der Waals surface area contributed by atoms with Crippen LogP contribution >= 0.6 is 47.8 Å². The first-order valence-corrected chi connectivity index (χ1v) is 8.54. The number of phenols is 1. The van der Waals surface area contributed by atoms with E-state index in [9.17, 15) is 9.90 Å². The van der Waals surface area contributed by atoms with Crippen LogP contribution in [0.15, 0.2) is 48.9 Å². The molecule has 0 spiro atoms. The van der Waals surface area contributed by atoms with Gasteiger partial charge < -0.3 is 5.11 Å². The summed E-state index contributed by atoms with van der Waals surface area (Å²) in [5.74, 6) is -0.279. The highest BCUT2D eigenvalue weighted by Crippen LogP contribution is 2.30. The Balaban J connectivity index is 2.16. The van der Waals surface area contributed by atoms with Gasteiger partial charge in [-0.3, -0.25) is 4.79 Å². The lowest BCUT2D eigenvalue weighted by molar-refractivity contribution is 0.0954. The SMILES string of the molecule is Cc1ccc(Br)c(C(=O)N/N=C/c2cc(Br)cc(Br)c2O)c1. The minimum Gasteiger partial charge on any atom is -0.506 e. The molecule has 2 aromatic carbocycles. The topological polar surface area (TPSA) is 61.7 Å². The molecule has 114 valence electrons. The molecule has 7 heteroatoms. The molecule has 0 atom stereocenters. The van der Waals surface area contributed by atoms with Gasteiger partial charge in [0.2, 0.25) is 0 Å². The number of rotatable bonds is 3. The van der Waals surface area contributed by atoms with Crippen LogP contribution in [-0.2, 0) is 0 Å². The number of carbonyl (C=O) groups is 1. The number of aryl methyl sites for hydroxylation is 1. The molecule has 0 aliphatic rings. The Bertz CT molecular complexity index is 761. The maximum atomic E-state index is 12.1. The molecule has 0 aliphatic carbocycles. The highest BCUT2D eigenvalue weighted by molar-refractivity contribution is 9.11. The van der Waals surface area contributed by atoms with Gasteiger partial charge in [0, 0.05) is 14.5 Å². The van der Waals surface area contributed by atoms with Crippen molar-refractivity contribution in [3.05, 3.63) is 60.4 Å². The molecule has 1 amide bonds. The molecule has 2 aromatic rings. The molecule has 0 saturated carbocycles. The van der Waals surface area contributed by atoms with Gasteiger partial charge >= 0.3 is 0 Å². The van der Waals surface area contributed by atoms with E-state index in [2.05, 4.69) is 58.3 Å². The van der Waals surface area contributed by atoms with E-state index in [1.807, 2.05) is 19.1 Å². The predicted octanol–water partition coefficient (Wildman–Crippen LogP) is 4.75. The summed E-state index contributed by atoms with van der Waals surface area (Å²) in [6, 6.07) is 8.89. The van der Waals surface area contributed by atoms with E-state index in [-0.39, 0.29) is 11.7 Å². The van der Waals surface area contributed by atoms with Gasteiger partial charge in [-0.05, 0) is 63.0 Å². The number of hydrogen-bond acceptors (Lipinski definition) is 3. The molecule has 0 bridgehead atoms. The maximum Gasteiger partial charge on any atom is 0.272 e. The Labute approximate surface area is 153 Å². The van der Waals surface area contributed by atoms with Crippen molar-refractivity contribution < 1.29 is 9.90 Å². The summed E-state index contributed by atoms with van der Waals surface area (Å²) in [6.07, 6.45) is 1.38. The Morgan fingerprint density at radius 2 is 1.91 bits per heavy atom. The van der Waals surface area contributed by atoms with Gasteiger partial charge in [0.15, 0.2) is 0 Å². The third kappa shape index (κ3) is 4.18. The number of phenolic OH excluding ortho intramolecular Hbond substituents is 1. The first-order valence-electron chi connectivity index (χ1n) is 6.16. The molecular weight excluding hydrogens is 480 g/mol. The lowest BCUT2D eigenvalue weighted by Gasteiger charge is -2.05. The van der Waals surface area contributed by atoms with Gasteiger partial charge in [0.05, 0.1) is 16.3 Å². The quantitative estimate of drug-likeness (QED) is 0.481. The molecule has 0 aromatic heterocycles. The predicted molar refractivity (Wildman–Crippen MR) is 97.4 cm³/mol. The normalized spacial score (nSPS) is 10.9. The Hall–Kier alpha value is -1.18. The van der Waals surface area contributed by atoms with Crippen molar-refractivity contribution in [1.29, 1.82) is 0 Å². The van der Waals surface area contributed by atoms with Crippen LogP contribution in [-0.4, -0.2) is 17.2 Å². The van der Waals surface area contributed by atoms with Crippen LogP contribution in [0.25, 0.3) is 0 Å². The van der Waals surface area contributed by atoms with E-state index in [1.54, 1.807) is 18.2 Å². The van der Waals surface area contributed by atoms with E-state index in [0.29, 0.717) is 20.1 Å². The monoisotopic (exact) mass is 488 g/mol. The summed E-state index contributed by atoms with van der Waals surface area (Å²) in [5.41, 5.74) is 4.39. The highest BCUT2D eigenvalue weighted by atomic mass is 79.9. The third-order valence-corrected chi connectivity index (χ3v) is 4.55. The molecule has 0 fully saturated rings. The second kappa shape index (κ2) is 7.39. The summed E-state index contributed by atoms with van der Waals surface area (Å²) in [5, 5.41) is 13.8. The number of carbonyl (C=O) groups excluding carboxylic acids is 1. The van der Waals surface area contributed by atoms with Crippen LogP contribution < -0.4 is 5.43 Å². The van der Waals surface area contributed by atoms with Crippen molar-refractivity contribution in [2.24, 2.45) is 5.10 Å². The van der Waals surface area contributed by atoms with E-state index >= 15 is 0 Å². The smallest absolute Gasteiger partial charge is 0.272 e. The Kier molecular flexibility index (Phi) is 5.77. The molecule has 2 N–H and O–H groups in total. The zero-order chi connectivity index (χ0) is 16.3. The number of nitrogens with one attached hydrogen (secondary N) is 1. The van der Waals surface area contributed by atoms with Crippen molar-refractivity contribution in [3.63, 3.8) is 0 Å². The fraction of sp³-hybridized carbons (Fsp3) is 0.0667. The number of halogens is 3. The standard InChI is InChI=1S/C15H11Br3N2O2/c1-8-2-3-12(17)11(4-8)15(22)20-19-7-9-5-10(16)6-13(18)14(9)21/h2-7,21H,1H3,(H,20,22)/b19-7+. The molecular formula is C15H11Br3N2O2. The van der Waals surface area contributed by atoms with Crippen LogP contribution in [0.5, 0.6) is 5.75 Å². The molecule has 0 aliphatic heterocycles. The zero-order valence-electron chi connectivity index (χ0n) is 11.4. The maximum absolute atomic E-state index is 12.1. The van der Waals surface area contributed by atoms with Crippen LogP contribution in [0, 0.1) is 6.92 Å². The molecule has 2 rings (SSSR count). The number of nitrogens with zero attached hydrogens (tertiary/aromatic N) is 1. The van der Waals surface area contributed by atoms with Crippen LogP contribution in [0.4, 0.5) is 0 Å². The van der Waals surface area contributed by atoms with Crippen LogP contribution in [0.2, 0.25) is 0 Å². The second-order valence-corrected chi connectivity index (χ2v) is 7.13. The molecule has 22 heavy (non-hydrogen) atoms. The molecule has 4 nitrogen and oxygen atoms in total. The van der Waals surface area contributed by atoms with Crippen molar-refractivity contribution in [1.82, 2.24) is 5.43 Å². The van der Waals surface area contributed by atoms with Crippen molar-refractivity contribution in [2.45, 2.75) is 6.92 Å². The number of benzene rings is 2. The van der Waals surface area contributed by atoms with E-state index in [0.717, 1.165) is 10.0 Å². The fourth-order valence-corrected chi connectivity index (χ4v) is 3.40.